The normalized spacial score (nSPS) is 18.2. The van der Waals surface area contributed by atoms with Crippen molar-refractivity contribution >= 4 is 17.9 Å². The minimum Gasteiger partial charge on any atom is -0.497 e. The highest BCUT2D eigenvalue weighted by Crippen LogP contribution is 2.21. The molecule has 0 unspecified atom stereocenters. The van der Waals surface area contributed by atoms with Crippen LogP contribution in [0.4, 0.5) is 4.79 Å². The van der Waals surface area contributed by atoms with E-state index in [2.05, 4.69) is 4.74 Å². The number of nitrogens with zero attached hydrogens (tertiary/aromatic N) is 2. The number of carbonyl (C=O) groups is 3. The van der Waals surface area contributed by atoms with Gasteiger partial charge in [-0.15, -0.1) is 0 Å². The second-order valence-corrected chi connectivity index (χ2v) is 5.30. The predicted molar refractivity (Wildman–Crippen MR) is 75.3 cm³/mol. The molecular weight excluding hydrogens is 288 g/mol. The Labute approximate surface area is 127 Å². The van der Waals surface area contributed by atoms with Gasteiger partial charge in [0.25, 0.3) is 5.91 Å². The molecule has 7 nitrogen and oxygen atoms in total. The first-order valence-electron chi connectivity index (χ1n) is 6.98. The molecule has 0 radical (unpaired) electrons. The van der Waals surface area contributed by atoms with Crippen molar-refractivity contribution in [3.05, 3.63) is 29.8 Å². The highest BCUT2D eigenvalue weighted by molar-refractivity contribution is 5.98. The molecule has 2 saturated heterocycles. The second-order valence-electron chi connectivity index (χ2n) is 5.30. The van der Waals surface area contributed by atoms with Crippen molar-refractivity contribution in [3.8, 4) is 5.75 Å². The van der Waals surface area contributed by atoms with Crippen LogP contribution < -0.4 is 4.74 Å². The lowest BCUT2D eigenvalue weighted by Gasteiger charge is -2.42. The largest absolute Gasteiger partial charge is 0.497 e. The van der Waals surface area contributed by atoms with E-state index in [1.807, 2.05) is 24.3 Å². The lowest BCUT2D eigenvalue weighted by Crippen LogP contribution is -2.62. The maximum Gasteiger partial charge on any atom is 0.417 e. The van der Waals surface area contributed by atoms with Crippen LogP contribution in [0.1, 0.15) is 5.56 Å². The molecule has 0 atom stereocenters. The molecule has 7 heteroatoms. The number of cyclic esters (lactones) is 1. The maximum absolute atomic E-state index is 12.2. The van der Waals surface area contributed by atoms with E-state index in [0.717, 1.165) is 10.5 Å². The Morgan fingerprint density at radius 3 is 2.77 bits per heavy atom. The lowest BCUT2D eigenvalue weighted by molar-refractivity contribution is -0.141. The minimum atomic E-state index is -0.616. The first-order chi connectivity index (χ1) is 10.6. The molecule has 3 rings (SSSR count). The van der Waals surface area contributed by atoms with Crippen LogP contribution in [0, 0.1) is 0 Å². The van der Waals surface area contributed by atoms with Gasteiger partial charge in [-0.3, -0.25) is 9.59 Å². The number of hydrogen-bond donors (Lipinski definition) is 0. The number of imide groups is 1. The van der Waals surface area contributed by atoms with Crippen LogP contribution in [-0.4, -0.2) is 60.6 Å². The number of carbonyl (C=O) groups excluding carboxylic acids is 3. The quantitative estimate of drug-likeness (QED) is 0.806. The standard InChI is InChI=1S/C15H16N2O5/c1-21-12-4-2-3-10(5-12)6-13(18)16-7-11(8-16)17-14(19)9-22-15(17)20/h2-5,11H,6-9H2,1H3. The van der Waals surface area contributed by atoms with Gasteiger partial charge in [-0.25, -0.2) is 9.69 Å². The van der Waals surface area contributed by atoms with Crippen LogP contribution in [0.2, 0.25) is 0 Å². The fourth-order valence-corrected chi connectivity index (χ4v) is 2.61. The van der Waals surface area contributed by atoms with E-state index in [9.17, 15) is 14.4 Å². The molecule has 0 aliphatic carbocycles. The van der Waals surface area contributed by atoms with E-state index >= 15 is 0 Å². The molecule has 0 saturated carbocycles. The van der Waals surface area contributed by atoms with Crippen molar-refractivity contribution in [1.29, 1.82) is 0 Å². The first kappa shape index (κ1) is 14.4. The summed E-state index contributed by atoms with van der Waals surface area (Å²) in [5.41, 5.74) is 0.865. The van der Waals surface area contributed by atoms with Gasteiger partial charge in [-0.2, -0.15) is 0 Å². The minimum absolute atomic E-state index is 0.0375. The van der Waals surface area contributed by atoms with Crippen molar-refractivity contribution in [2.45, 2.75) is 12.5 Å². The number of amides is 3. The summed E-state index contributed by atoms with van der Waals surface area (Å²) in [7, 11) is 1.58. The molecule has 116 valence electrons. The van der Waals surface area contributed by atoms with Gasteiger partial charge in [0.05, 0.1) is 19.6 Å². The van der Waals surface area contributed by atoms with Crippen LogP contribution in [-0.2, 0) is 20.7 Å². The van der Waals surface area contributed by atoms with E-state index in [-0.39, 0.29) is 30.9 Å². The summed E-state index contributed by atoms with van der Waals surface area (Å²) >= 11 is 0. The third kappa shape index (κ3) is 2.61. The van der Waals surface area contributed by atoms with Crippen molar-refractivity contribution < 1.29 is 23.9 Å². The van der Waals surface area contributed by atoms with Crippen LogP contribution in [0.5, 0.6) is 5.75 Å². The Kier molecular flexibility index (Phi) is 3.70. The van der Waals surface area contributed by atoms with Crippen molar-refractivity contribution in [1.82, 2.24) is 9.80 Å². The third-order valence-corrected chi connectivity index (χ3v) is 3.85. The summed E-state index contributed by atoms with van der Waals surface area (Å²) in [6.45, 7) is 0.528. The number of hydrogen-bond acceptors (Lipinski definition) is 5. The van der Waals surface area contributed by atoms with Gasteiger partial charge in [0.15, 0.2) is 6.61 Å². The topological polar surface area (TPSA) is 76.2 Å². The molecule has 0 aromatic heterocycles. The highest BCUT2D eigenvalue weighted by Gasteiger charge is 2.44. The van der Waals surface area contributed by atoms with Crippen LogP contribution in [0.25, 0.3) is 0 Å². The van der Waals surface area contributed by atoms with Gasteiger partial charge in [-0.1, -0.05) is 12.1 Å². The molecule has 2 aliphatic heterocycles. The Morgan fingerprint density at radius 2 is 2.14 bits per heavy atom. The van der Waals surface area contributed by atoms with E-state index in [1.165, 1.54) is 0 Å². The summed E-state index contributed by atoms with van der Waals surface area (Å²) in [6, 6.07) is 7.06. The summed E-state index contributed by atoms with van der Waals surface area (Å²) in [4.78, 5) is 37.9. The predicted octanol–water partition coefficient (Wildman–Crippen LogP) is 0.427. The first-order valence-corrected chi connectivity index (χ1v) is 6.98. The Bertz CT molecular complexity index is 608. The monoisotopic (exact) mass is 304 g/mol. The molecule has 1 aromatic carbocycles. The van der Waals surface area contributed by atoms with Crippen molar-refractivity contribution in [2.24, 2.45) is 0 Å². The summed E-state index contributed by atoms with van der Waals surface area (Å²) < 4.78 is 9.80. The van der Waals surface area contributed by atoms with Gasteiger partial charge in [-0.05, 0) is 17.7 Å². The van der Waals surface area contributed by atoms with Crippen LogP contribution in [0.15, 0.2) is 24.3 Å². The van der Waals surface area contributed by atoms with Gasteiger partial charge in [0.1, 0.15) is 5.75 Å². The number of ether oxygens (including phenoxy) is 2. The van der Waals surface area contributed by atoms with Gasteiger partial charge in [0.2, 0.25) is 5.91 Å². The number of benzene rings is 1. The molecule has 0 N–H and O–H groups in total. The van der Waals surface area contributed by atoms with Crippen molar-refractivity contribution in [3.63, 3.8) is 0 Å². The SMILES string of the molecule is COc1cccc(CC(=O)N2CC(N3C(=O)COC3=O)C2)c1. The fraction of sp³-hybridized carbons (Fsp3) is 0.400. The van der Waals surface area contributed by atoms with Crippen LogP contribution in [0.3, 0.4) is 0 Å². The zero-order chi connectivity index (χ0) is 15.7. The maximum atomic E-state index is 12.2. The van der Waals surface area contributed by atoms with Gasteiger partial charge >= 0.3 is 6.09 Å². The average molecular weight is 304 g/mol. The van der Waals surface area contributed by atoms with E-state index in [0.29, 0.717) is 18.8 Å². The second kappa shape index (κ2) is 5.67. The number of rotatable bonds is 4. The molecule has 3 amide bonds. The fourth-order valence-electron chi connectivity index (χ4n) is 2.61. The van der Waals surface area contributed by atoms with Crippen LogP contribution >= 0.6 is 0 Å². The zero-order valence-electron chi connectivity index (χ0n) is 12.2. The third-order valence-electron chi connectivity index (χ3n) is 3.85. The Morgan fingerprint density at radius 1 is 1.36 bits per heavy atom. The van der Waals surface area contributed by atoms with E-state index < -0.39 is 6.09 Å². The number of likely N-dealkylation sites (tertiary alicyclic amines) is 1. The highest BCUT2D eigenvalue weighted by atomic mass is 16.6. The molecular formula is C15H16N2O5. The van der Waals surface area contributed by atoms with E-state index in [4.69, 9.17) is 4.74 Å². The summed E-state index contributed by atoms with van der Waals surface area (Å²) in [5, 5.41) is 0. The van der Waals surface area contributed by atoms with Gasteiger partial charge in [0, 0.05) is 13.1 Å². The average Bonchev–Trinajstić information content (AvgIpc) is 2.78. The van der Waals surface area contributed by atoms with Gasteiger partial charge < -0.3 is 14.4 Å². The van der Waals surface area contributed by atoms with E-state index in [1.54, 1.807) is 12.0 Å². The molecule has 0 spiro atoms. The molecule has 1 aromatic rings. The number of methoxy groups -OCH3 is 1. The molecule has 2 fully saturated rings. The smallest absolute Gasteiger partial charge is 0.417 e. The summed E-state index contributed by atoms with van der Waals surface area (Å²) in [5.74, 6) is 0.330. The molecule has 22 heavy (non-hydrogen) atoms. The van der Waals surface area contributed by atoms with Crippen molar-refractivity contribution in [2.75, 3.05) is 26.8 Å². The molecule has 2 heterocycles. The molecule has 2 aliphatic rings. The Balaban J connectivity index is 1.55. The lowest BCUT2D eigenvalue weighted by atomic mass is 10.0. The molecule has 0 bridgehead atoms. The summed E-state index contributed by atoms with van der Waals surface area (Å²) in [6.07, 6.45) is -0.350. The zero-order valence-corrected chi connectivity index (χ0v) is 12.2. The Hall–Kier alpha value is -2.57.